The van der Waals surface area contributed by atoms with E-state index >= 15 is 0 Å². The van der Waals surface area contributed by atoms with Gasteiger partial charge in [-0.05, 0) is 81.5 Å². The number of aromatic nitrogens is 2. The first-order valence-corrected chi connectivity index (χ1v) is 11.2. The van der Waals surface area contributed by atoms with Crippen LogP contribution in [-0.4, -0.2) is 28.3 Å². The van der Waals surface area contributed by atoms with E-state index < -0.39 is 0 Å². The maximum atomic E-state index is 6.10. The van der Waals surface area contributed by atoms with Crippen LogP contribution in [0.3, 0.4) is 0 Å². The zero-order valence-electron chi connectivity index (χ0n) is 18.3. The molecule has 1 atom stereocenters. The lowest BCUT2D eigenvalue weighted by Crippen LogP contribution is -2.28. The van der Waals surface area contributed by atoms with Crippen LogP contribution in [0.4, 0.5) is 11.5 Å². The molecule has 0 radical (unpaired) electrons. The number of aliphatic imine (C=N–C) groups is 1. The summed E-state index contributed by atoms with van der Waals surface area (Å²) in [7, 11) is 0. The molecule has 1 saturated carbocycles. The molecule has 0 saturated heterocycles. The Morgan fingerprint density at radius 3 is 2.60 bits per heavy atom. The fraction of sp³-hybridized carbons (Fsp3) is 0.542. The van der Waals surface area contributed by atoms with Crippen LogP contribution in [0, 0.1) is 12.8 Å². The summed E-state index contributed by atoms with van der Waals surface area (Å²) < 4.78 is 6.04. The number of nitrogen functional groups attached to an aromatic ring is 1. The summed E-state index contributed by atoms with van der Waals surface area (Å²) in [5.74, 6) is 2.93. The monoisotopic (exact) mass is 407 g/mol. The molecule has 1 aromatic heterocycles. The fourth-order valence-corrected chi connectivity index (χ4v) is 4.90. The number of anilines is 1. The molecule has 4 N–H and O–H groups in total. The smallest absolute Gasteiger partial charge is 0.246 e. The molecule has 30 heavy (non-hydrogen) atoms. The highest BCUT2D eigenvalue weighted by Gasteiger charge is 2.27. The number of hydrogen-bond donors (Lipinski definition) is 2. The highest BCUT2D eigenvalue weighted by atomic mass is 16.5. The summed E-state index contributed by atoms with van der Waals surface area (Å²) in [6, 6.07) is 6.72. The average Bonchev–Trinajstić information content (AvgIpc) is 2.73. The molecule has 1 aromatic carbocycles. The van der Waals surface area contributed by atoms with Crippen LogP contribution in [0.2, 0.25) is 0 Å². The molecular weight excluding hydrogens is 374 g/mol. The van der Waals surface area contributed by atoms with Crippen molar-refractivity contribution in [1.82, 2.24) is 9.97 Å². The summed E-state index contributed by atoms with van der Waals surface area (Å²) in [6.07, 6.45) is 7.18. The minimum atomic E-state index is -0.206. The first-order valence-electron chi connectivity index (χ1n) is 11.2. The first-order chi connectivity index (χ1) is 14.5. The van der Waals surface area contributed by atoms with Crippen molar-refractivity contribution in [3.63, 3.8) is 0 Å². The number of rotatable bonds is 5. The highest BCUT2D eigenvalue weighted by Crippen LogP contribution is 2.40. The van der Waals surface area contributed by atoms with E-state index in [1.54, 1.807) is 6.92 Å². The summed E-state index contributed by atoms with van der Waals surface area (Å²) >= 11 is 0. The number of aryl methyl sites for hydroxylation is 1. The van der Waals surface area contributed by atoms with Crippen LogP contribution >= 0.6 is 0 Å². The molecule has 0 bridgehead atoms. The number of ether oxygens (including phenoxy) is 1. The van der Waals surface area contributed by atoms with E-state index in [-0.39, 0.29) is 6.10 Å². The molecule has 1 fully saturated rings. The Kier molecular flexibility index (Phi) is 6.04. The van der Waals surface area contributed by atoms with Crippen molar-refractivity contribution in [2.45, 2.75) is 71.3 Å². The molecule has 6 nitrogen and oxygen atoms in total. The fourth-order valence-electron chi connectivity index (χ4n) is 4.90. The van der Waals surface area contributed by atoms with Crippen molar-refractivity contribution >= 4 is 17.2 Å². The van der Waals surface area contributed by atoms with Crippen molar-refractivity contribution in [3.05, 3.63) is 40.7 Å². The first kappa shape index (κ1) is 20.8. The van der Waals surface area contributed by atoms with E-state index in [1.165, 1.54) is 43.2 Å². The second-order valence-electron chi connectivity index (χ2n) is 8.65. The van der Waals surface area contributed by atoms with Gasteiger partial charge < -0.3 is 16.2 Å². The number of hydrogen-bond acceptors (Lipinski definition) is 6. The van der Waals surface area contributed by atoms with E-state index in [4.69, 9.17) is 21.2 Å². The van der Waals surface area contributed by atoms with Gasteiger partial charge >= 0.3 is 0 Å². The van der Waals surface area contributed by atoms with Crippen LogP contribution < -0.4 is 16.2 Å². The number of fused-ring (bicyclic) bond motifs is 1. The van der Waals surface area contributed by atoms with Gasteiger partial charge in [-0.25, -0.2) is 9.98 Å². The van der Waals surface area contributed by atoms with Crippen LogP contribution in [-0.2, 0) is 6.42 Å². The van der Waals surface area contributed by atoms with Crippen LogP contribution in [0.5, 0.6) is 5.88 Å². The van der Waals surface area contributed by atoms with E-state index in [2.05, 4.69) is 35.1 Å². The van der Waals surface area contributed by atoms with Gasteiger partial charge in [0, 0.05) is 5.56 Å². The van der Waals surface area contributed by atoms with Gasteiger partial charge in [0.2, 0.25) is 5.88 Å². The van der Waals surface area contributed by atoms with E-state index in [9.17, 15) is 0 Å². The lowest BCUT2D eigenvalue weighted by molar-refractivity contribution is 0.271. The Bertz CT molecular complexity index is 947. The zero-order chi connectivity index (χ0) is 21.3. The van der Waals surface area contributed by atoms with Crippen molar-refractivity contribution in [2.75, 3.05) is 12.3 Å². The van der Waals surface area contributed by atoms with Crippen molar-refractivity contribution in [1.29, 1.82) is 0 Å². The summed E-state index contributed by atoms with van der Waals surface area (Å²) in [6.45, 7) is 6.75. The largest absolute Gasteiger partial charge is 0.466 e. The van der Waals surface area contributed by atoms with Gasteiger partial charge in [-0.1, -0.05) is 25.5 Å². The van der Waals surface area contributed by atoms with Crippen molar-refractivity contribution in [2.24, 2.45) is 16.6 Å². The second-order valence-corrected chi connectivity index (χ2v) is 8.65. The van der Waals surface area contributed by atoms with Crippen LogP contribution in [0.15, 0.2) is 23.2 Å². The summed E-state index contributed by atoms with van der Waals surface area (Å²) in [5.41, 5.74) is 17.3. The van der Waals surface area contributed by atoms with E-state index in [0.717, 1.165) is 23.6 Å². The van der Waals surface area contributed by atoms with Crippen LogP contribution in [0.1, 0.15) is 74.4 Å². The minimum Gasteiger partial charge on any atom is -0.466 e. The van der Waals surface area contributed by atoms with Gasteiger partial charge in [-0.2, -0.15) is 4.98 Å². The third kappa shape index (κ3) is 4.06. The molecule has 0 amide bonds. The van der Waals surface area contributed by atoms with Gasteiger partial charge in [0.15, 0.2) is 11.5 Å². The zero-order valence-corrected chi connectivity index (χ0v) is 18.3. The third-order valence-corrected chi connectivity index (χ3v) is 6.61. The Morgan fingerprint density at radius 1 is 1.13 bits per heavy atom. The molecule has 1 aliphatic heterocycles. The summed E-state index contributed by atoms with van der Waals surface area (Å²) in [4.78, 5) is 13.4. The molecule has 2 heterocycles. The minimum absolute atomic E-state index is 0.206. The van der Waals surface area contributed by atoms with Gasteiger partial charge in [0.25, 0.3) is 0 Å². The normalized spacial score (nSPS) is 23.5. The molecule has 0 spiro atoms. The van der Waals surface area contributed by atoms with E-state index in [0.29, 0.717) is 35.7 Å². The lowest BCUT2D eigenvalue weighted by Gasteiger charge is -2.30. The maximum Gasteiger partial charge on any atom is 0.246 e. The van der Waals surface area contributed by atoms with Gasteiger partial charge in [0.1, 0.15) is 11.9 Å². The predicted molar refractivity (Wildman–Crippen MR) is 122 cm³/mol. The van der Waals surface area contributed by atoms with Gasteiger partial charge in [-0.3, -0.25) is 0 Å². The van der Waals surface area contributed by atoms with Crippen LogP contribution in [0.25, 0.3) is 0 Å². The molecule has 160 valence electrons. The molecule has 4 rings (SSSR count). The van der Waals surface area contributed by atoms with Crippen molar-refractivity contribution < 1.29 is 4.74 Å². The Morgan fingerprint density at radius 2 is 1.90 bits per heavy atom. The molecule has 1 aliphatic carbocycles. The quantitative estimate of drug-likeness (QED) is 0.762. The molecule has 2 aromatic rings. The molecular formula is C24H33N5O. The van der Waals surface area contributed by atoms with Crippen molar-refractivity contribution in [3.8, 4) is 5.88 Å². The predicted octanol–water partition coefficient (Wildman–Crippen LogP) is 4.45. The van der Waals surface area contributed by atoms with E-state index in [1.807, 2.05) is 6.92 Å². The SMILES string of the molecule is CCC1CCC(c2ccc(C3=Nc4c(N)nc(C)nc4OC3C)cc2CCN)CC1. The highest BCUT2D eigenvalue weighted by molar-refractivity contribution is 6.07. The van der Waals surface area contributed by atoms with Gasteiger partial charge in [-0.15, -0.1) is 0 Å². The number of benzene rings is 1. The Hall–Kier alpha value is -2.47. The number of nitrogens with two attached hydrogens (primary N) is 2. The number of nitrogens with zero attached hydrogens (tertiary/aromatic N) is 3. The Balaban J connectivity index is 1.68. The van der Waals surface area contributed by atoms with Gasteiger partial charge in [0.05, 0.1) is 5.71 Å². The molecule has 6 heteroatoms. The Labute approximate surface area is 179 Å². The average molecular weight is 408 g/mol. The lowest BCUT2D eigenvalue weighted by atomic mass is 9.76. The second kappa shape index (κ2) is 8.72. The summed E-state index contributed by atoms with van der Waals surface area (Å²) in [5, 5.41) is 0. The third-order valence-electron chi connectivity index (χ3n) is 6.61. The standard InChI is InChI=1S/C24H33N5O/c1-4-16-5-7-17(8-6-16)20-10-9-19(13-18(20)11-12-25)21-14(2)30-24-22(29-21)23(26)27-15(3)28-24/h9-10,13-14,16-17H,4-8,11-12,25H2,1-3H3,(H2,26,27,28). The topological polar surface area (TPSA) is 99.4 Å². The molecule has 1 unspecified atom stereocenters. The maximum absolute atomic E-state index is 6.10. The molecule has 2 aliphatic rings.